The van der Waals surface area contributed by atoms with Crippen LogP contribution in [0.2, 0.25) is 0 Å². The van der Waals surface area contributed by atoms with Crippen LogP contribution in [0.5, 0.6) is 0 Å². The molecule has 0 saturated heterocycles. The summed E-state index contributed by atoms with van der Waals surface area (Å²) in [7, 11) is 4.18. The molecule has 0 aliphatic heterocycles. The number of hydrogen-bond donors (Lipinski definition) is 1. The van der Waals surface area contributed by atoms with Crippen molar-refractivity contribution in [2.75, 3.05) is 26.0 Å². The number of pyridine rings is 1. The van der Waals surface area contributed by atoms with E-state index in [2.05, 4.69) is 29.3 Å². The van der Waals surface area contributed by atoms with Crippen molar-refractivity contribution < 1.29 is 4.92 Å². The molecule has 23 heavy (non-hydrogen) atoms. The van der Waals surface area contributed by atoms with E-state index in [9.17, 15) is 10.1 Å². The van der Waals surface area contributed by atoms with Crippen molar-refractivity contribution in [1.29, 1.82) is 0 Å². The summed E-state index contributed by atoms with van der Waals surface area (Å²) in [5, 5.41) is 15.5. The number of nitrogens with one attached hydrogen (secondary N) is 1. The van der Waals surface area contributed by atoms with Gasteiger partial charge in [-0.05, 0) is 51.2 Å². The SMILES string of the molecule is CN(C)C1(CNc2ccc3ncccc3c2[N+](=O)[O-])CCCC1. The average molecular weight is 314 g/mol. The zero-order valence-electron chi connectivity index (χ0n) is 13.6. The number of anilines is 1. The van der Waals surface area contributed by atoms with Crippen molar-refractivity contribution in [3.63, 3.8) is 0 Å². The highest BCUT2D eigenvalue weighted by atomic mass is 16.6. The molecule has 1 saturated carbocycles. The van der Waals surface area contributed by atoms with E-state index in [1.54, 1.807) is 24.4 Å². The predicted octanol–water partition coefficient (Wildman–Crippen LogP) is 3.43. The lowest BCUT2D eigenvalue weighted by molar-refractivity contribution is -0.382. The molecule has 1 fully saturated rings. The number of nitrogens with zero attached hydrogens (tertiary/aromatic N) is 3. The van der Waals surface area contributed by atoms with Gasteiger partial charge in [-0.15, -0.1) is 0 Å². The summed E-state index contributed by atoms with van der Waals surface area (Å²) in [4.78, 5) is 17.7. The third-order valence-corrected chi connectivity index (χ3v) is 5.03. The van der Waals surface area contributed by atoms with Crippen LogP contribution in [0.3, 0.4) is 0 Å². The number of likely N-dealkylation sites (N-methyl/N-ethyl adjacent to an activating group) is 1. The minimum Gasteiger partial charge on any atom is -0.378 e. The summed E-state index contributed by atoms with van der Waals surface area (Å²) in [5.41, 5.74) is 1.41. The number of aromatic nitrogens is 1. The molecule has 1 heterocycles. The van der Waals surface area contributed by atoms with Crippen molar-refractivity contribution in [2.45, 2.75) is 31.2 Å². The van der Waals surface area contributed by atoms with Crippen molar-refractivity contribution >= 4 is 22.3 Å². The summed E-state index contributed by atoms with van der Waals surface area (Å²) in [6.45, 7) is 0.715. The minimum atomic E-state index is -0.316. The molecule has 1 aliphatic rings. The van der Waals surface area contributed by atoms with E-state index >= 15 is 0 Å². The molecule has 0 atom stereocenters. The molecule has 122 valence electrons. The van der Waals surface area contributed by atoms with Crippen molar-refractivity contribution in [2.24, 2.45) is 0 Å². The molecule has 0 bridgehead atoms. The van der Waals surface area contributed by atoms with Crippen molar-refractivity contribution in [1.82, 2.24) is 9.88 Å². The fourth-order valence-corrected chi connectivity index (χ4v) is 3.55. The summed E-state index contributed by atoms with van der Waals surface area (Å²) < 4.78 is 0. The van der Waals surface area contributed by atoms with E-state index in [4.69, 9.17) is 0 Å². The lowest BCUT2D eigenvalue weighted by atomic mass is 9.95. The molecule has 1 aliphatic carbocycles. The fraction of sp³-hybridized carbons (Fsp3) is 0.471. The van der Waals surface area contributed by atoms with Crippen LogP contribution in [-0.2, 0) is 0 Å². The van der Waals surface area contributed by atoms with Crippen molar-refractivity contribution in [3.05, 3.63) is 40.6 Å². The van der Waals surface area contributed by atoms with Gasteiger partial charge in [0.25, 0.3) is 0 Å². The Hall–Kier alpha value is -2.21. The lowest BCUT2D eigenvalue weighted by Crippen LogP contribution is -2.47. The second kappa shape index (κ2) is 6.12. The maximum atomic E-state index is 11.6. The highest BCUT2D eigenvalue weighted by Crippen LogP contribution is 2.36. The number of rotatable bonds is 5. The monoisotopic (exact) mass is 314 g/mol. The molecule has 3 rings (SSSR count). The van der Waals surface area contributed by atoms with Gasteiger partial charge < -0.3 is 10.2 Å². The molecule has 0 spiro atoms. The van der Waals surface area contributed by atoms with Gasteiger partial charge in [0.2, 0.25) is 0 Å². The normalized spacial score (nSPS) is 16.8. The first-order valence-corrected chi connectivity index (χ1v) is 7.97. The number of nitro groups is 1. The van der Waals surface area contributed by atoms with Crippen LogP contribution in [0, 0.1) is 10.1 Å². The van der Waals surface area contributed by atoms with E-state index in [1.165, 1.54) is 12.8 Å². The van der Waals surface area contributed by atoms with E-state index in [-0.39, 0.29) is 16.1 Å². The Morgan fingerprint density at radius 2 is 2.04 bits per heavy atom. The minimum absolute atomic E-state index is 0.0811. The van der Waals surface area contributed by atoms with Gasteiger partial charge in [-0.3, -0.25) is 15.1 Å². The molecule has 0 radical (unpaired) electrons. The molecule has 0 amide bonds. The van der Waals surface area contributed by atoms with Crippen LogP contribution < -0.4 is 5.32 Å². The molecule has 1 N–H and O–H groups in total. The third kappa shape index (κ3) is 2.86. The molecule has 0 unspecified atom stereocenters. The molecular formula is C17H22N4O2. The maximum Gasteiger partial charge on any atom is 0.301 e. The Labute approximate surface area is 135 Å². The first kappa shape index (κ1) is 15.7. The Balaban J connectivity index is 1.94. The fourth-order valence-electron chi connectivity index (χ4n) is 3.55. The Bertz CT molecular complexity index is 724. The van der Waals surface area contributed by atoms with E-state index in [1.807, 2.05) is 6.07 Å². The van der Waals surface area contributed by atoms with Gasteiger partial charge in [0.05, 0.1) is 15.8 Å². The second-order valence-corrected chi connectivity index (χ2v) is 6.47. The van der Waals surface area contributed by atoms with E-state index in [0.717, 1.165) is 12.8 Å². The number of fused-ring (bicyclic) bond motifs is 1. The van der Waals surface area contributed by atoms with Crippen LogP contribution in [0.4, 0.5) is 11.4 Å². The number of hydrogen-bond acceptors (Lipinski definition) is 5. The second-order valence-electron chi connectivity index (χ2n) is 6.47. The van der Waals surface area contributed by atoms with Gasteiger partial charge in [0.1, 0.15) is 5.69 Å². The Morgan fingerprint density at radius 1 is 1.30 bits per heavy atom. The molecule has 1 aromatic heterocycles. The van der Waals surface area contributed by atoms with Crippen LogP contribution in [0.1, 0.15) is 25.7 Å². The summed E-state index contributed by atoms with van der Waals surface area (Å²) in [6.07, 6.45) is 6.32. The van der Waals surface area contributed by atoms with Crippen LogP contribution in [-0.4, -0.2) is 41.0 Å². The maximum absolute atomic E-state index is 11.6. The van der Waals surface area contributed by atoms with Crippen LogP contribution >= 0.6 is 0 Å². The summed E-state index contributed by atoms with van der Waals surface area (Å²) in [6, 6.07) is 7.09. The zero-order valence-corrected chi connectivity index (χ0v) is 13.6. The van der Waals surface area contributed by atoms with Crippen LogP contribution in [0.15, 0.2) is 30.5 Å². The highest BCUT2D eigenvalue weighted by Gasteiger charge is 2.36. The quantitative estimate of drug-likeness (QED) is 0.676. The molecular weight excluding hydrogens is 292 g/mol. The average Bonchev–Trinajstić information content (AvgIpc) is 3.02. The third-order valence-electron chi connectivity index (χ3n) is 5.03. The van der Waals surface area contributed by atoms with E-state index < -0.39 is 0 Å². The van der Waals surface area contributed by atoms with Gasteiger partial charge in [-0.25, -0.2) is 0 Å². The lowest BCUT2D eigenvalue weighted by Gasteiger charge is -2.36. The van der Waals surface area contributed by atoms with E-state index in [0.29, 0.717) is 23.1 Å². The smallest absolute Gasteiger partial charge is 0.301 e. The van der Waals surface area contributed by atoms with Gasteiger partial charge >= 0.3 is 5.69 Å². The number of nitro benzene ring substituents is 1. The molecule has 6 heteroatoms. The van der Waals surface area contributed by atoms with Crippen molar-refractivity contribution in [3.8, 4) is 0 Å². The largest absolute Gasteiger partial charge is 0.378 e. The first-order valence-electron chi connectivity index (χ1n) is 7.97. The topological polar surface area (TPSA) is 71.3 Å². The molecule has 1 aromatic carbocycles. The highest BCUT2D eigenvalue weighted by molar-refractivity contribution is 5.94. The predicted molar refractivity (Wildman–Crippen MR) is 91.8 cm³/mol. The standard InChI is InChI=1S/C17H22N4O2/c1-20(2)17(9-3-4-10-17)12-19-15-8-7-14-13(6-5-11-18-14)16(15)21(22)23/h5-8,11,19H,3-4,9-10,12H2,1-2H3. The summed E-state index contributed by atoms with van der Waals surface area (Å²) in [5.74, 6) is 0. The van der Waals surface area contributed by atoms with Gasteiger partial charge in [0.15, 0.2) is 0 Å². The van der Waals surface area contributed by atoms with Gasteiger partial charge in [-0.2, -0.15) is 0 Å². The summed E-state index contributed by atoms with van der Waals surface area (Å²) >= 11 is 0. The Kier molecular flexibility index (Phi) is 4.17. The number of benzene rings is 1. The Morgan fingerprint density at radius 3 is 2.70 bits per heavy atom. The van der Waals surface area contributed by atoms with Gasteiger partial charge in [0, 0.05) is 18.3 Å². The molecule has 6 nitrogen and oxygen atoms in total. The first-order chi connectivity index (χ1) is 11.0. The molecule has 2 aromatic rings. The zero-order chi connectivity index (χ0) is 16.4. The van der Waals surface area contributed by atoms with Gasteiger partial charge in [-0.1, -0.05) is 12.8 Å². The van der Waals surface area contributed by atoms with Crippen LogP contribution in [0.25, 0.3) is 10.9 Å².